The SMILES string of the molecule is CSc1cnc(OCCOc2ncnc(NS(=O)(=O)NCc3ccncc3)c2-c2ccc(Cl)cc2)nc1. The maximum Gasteiger partial charge on any atom is 0.316 e. The Hall–Kier alpha value is -3.52. The van der Waals surface area contributed by atoms with E-state index in [4.69, 9.17) is 21.1 Å². The Morgan fingerprint density at radius 2 is 1.65 bits per heavy atom. The zero-order valence-electron chi connectivity index (χ0n) is 19.5. The molecule has 0 unspecified atom stereocenters. The average Bonchev–Trinajstić information content (AvgIpc) is 2.91. The van der Waals surface area contributed by atoms with Gasteiger partial charge in [0.05, 0.1) is 5.56 Å². The van der Waals surface area contributed by atoms with Gasteiger partial charge in [-0.3, -0.25) is 9.71 Å². The van der Waals surface area contributed by atoms with Crippen LogP contribution in [0.25, 0.3) is 11.1 Å². The van der Waals surface area contributed by atoms with Crippen LogP contribution in [-0.4, -0.2) is 52.8 Å². The minimum Gasteiger partial charge on any atom is -0.473 e. The van der Waals surface area contributed by atoms with Crippen LogP contribution in [0.1, 0.15) is 5.56 Å². The number of hydrogen-bond donors (Lipinski definition) is 2. The third-order valence-corrected chi connectivity index (χ3v) is 6.71. The summed E-state index contributed by atoms with van der Waals surface area (Å²) in [7, 11) is -3.99. The van der Waals surface area contributed by atoms with Crippen LogP contribution in [-0.2, 0) is 16.8 Å². The molecule has 192 valence electrons. The Morgan fingerprint density at radius 1 is 0.946 bits per heavy atom. The van der Waals surface area contributed by atoms with Crippen molar-refractivity contribution in [2.45, 2.75) is 11.4 Å². The molecule has 0 atom stereocenters. The highest BCUT2D eigenvalue weighted by Gasteiger charge is 2.20. The minimum absolute atomic E-state index is 0.0338. The molecule has 3 aromatic heterocycles. The molecule has 0 aliphatic heterocycles. The summed E-state index contributed by atoms with van der Waals surface area (Å²) in [5.74, 6) is 0.192. The molecule has 0 saturated carbocycles. The summed E-state index contributed by atoms with van der Waals surface area (Å²) in [6, 6.07) is 10.4. The van der Waals surface area contributed by atoms with E-state index in [0.29, 0.717) is 16.1 Å². The van der Waals surface area contributed by atoms with Crippen molar-refractivity contribution in [3.05, 3.63) is 78.1 Å². The van der Waals surface area contributed by atoms with E-state index >= 15 is 0 Å². The maximum atomic E-state index is 12.8. The fraction of sp³-hybridized carbons (Fsp3) is 0.174. The number of ether oxygens (including phenoxy) is 2. The molecule has 0 aliphatic carbocycles. The number of hydrogen-bond acceptors (Lipinski definition) is 10. The van der Waals surface area contributed by atoms with Crippen molar-refractivity contribution >= 4 is 39.4 Å². The molecule has 2 N–H and O–H groups in total. The summed E-state index contributed by atoms with van der Waals surface area (Å²) < 4.78 is 41.9. The molecule has 3 heterocycles. The minimum atomic E-state index is -3.99. The fourth-order valence-corrected chi connectivity index (χ4v) is 4.31. The van der Waals surface area contributed by atoms with Crippen molar-refractivity contribution < 1.29 is 17.9 Å². The first kappa shape index (κ1) is 26.5. The number of nitrogens with zero attached hydrogens (tertiary/aromatic N) is 5. The number of halogens is 1. The van der Waals surface area contributed by atoms with Gasteiger partial charge in [-0.25, -0.2) is 19.9 Å². The zero-order chi connectivity index (χ0) is 26.1. The molecule has 4 aromatic rings. The summed E-state index contributed by atoms with van der Waals surface area (Å²) in [6.45, 7) is 0.300. The number of rotatable bonds is 12. The molecule has 37 heavy (non-hydrogen) atoms. The average molecular weight is 560 g/mol. The van der Waals surface area contributed by atoms with Gasteiger partial charge in [0, 0.05) is 41.3 Å². The van der Waals surface area contributed by atoms with Crippen LogP contribution in [0, 0.1) is 0 Å². The monoisotopic (exact) mass is 559 g/mol. The van der Waals surface area contributed by atoms with E-state index in [2.05, 4.69) is 34.4 Å². The Kier molecular flexibility index (Phi) is 9.06. The topological polar surface area (TPSA) is 141 Å². The van der Waals surface area contributed by atoms with Gasteiger partial charge in [0.1, 0.15) is 19.5 Å². The summed E-state index contributed by atoms with van der Waals surface area (Å²) >= 11 is 7.57. The summed E-state index contributed by atoms with van der Waals surface area (Å²) in [6.07, 6.45) is 9.63. The maximum absolute atomic E-state index is 12.8. The quantitative estimate of drug-likeness (QED) is 0.195. The highest BCUT2D eigenvalue weighted by Crippen LogP contribution is 2.34. The molecule has 0 saturated heterocycles. The van der Waals surface area contributed by atoms with Crippen molar-refractivity contribution in [1.29, 1.82) is 0 Å². The zero-order valence-corrected chi connectivity index (χ0v) is 21.9. The summed E-state index contributed by atoms with van der Waals surface area (Å²) in [5.41, 5.74) is 1.69. The highest BCUT2D eigenvalue weighted by atomic mass is 35.5. The predicted molar refractivity (Wildman–Crippen MR) is 141 cm³/mol. The number of nitrogens with one attached hydrogen (secondary N) is 2. The molecule has 0 bridgehead atoms. The van der Waals surface area contributed by atoms with Crippen molar-refractivity contribution in [3.63, 3.8) is 0 Å². The standard InChI is InChI=1S/C23H22ClN7O4S2/c1-36-19-13-26-23(27-14-19)35-11-10-34-22-20(17-2-4-18(24)5-3-17)21(28-15-29-22)31-37(32,33)30-12-16-6-8-25-9-7-16/h2-9,13-15,30H,10-12H2,1H3,(H,28,29,31). The molecule has 4 rings (SSSR count). The Bertz CT molecular complexity index is 1410. The van der Waals surface area contributed by atoms with Gasteiger partial charge in [-0.2, -0.15) is 13.1 Å². The molecule has 0 aliphatic rings. The number of aromatic nitrogens is 5. The first-order valence-corrected chi connectivity index (χ1v) is 13.9. The van der Waals surface area contributed by atoms with Crippen LogP contribution in [0.4, 0.5) is 5.82 Å². The lowest BCUT2D eigenvalue weighted by Crippen LogP contribution is -2.30. The number of anilines is 1. The van der Waals surface area contributed by atoms with Gasteiger partial charge in [0.15, 0.2) is 5.82 Å². The second-order valence-electron chi connectivity index (χ2n) is 7.29. The highest BCUT2D eigenvalue weighted by molar-refractivity contribution is 7.98. The van der Waals surface area contributed by atoms with Crippen LogP contribution in [0.15, 0.2) is 72.4 Å². The lowest BCUT2D eigenvalue weighted by atomic mass is 10.1. The van der Waals surface area contributed by atoms with Crippen molar-refractivity contribution in [2.24, 2.45) is 0 Å². The van der Waals surface area contributed by atoms with Gasteiger partial charge in [0.2, 0.25) is 5.88 Å². The summed E-state index contributed by atoms with van der Waals surface area (Å²) in [4.78, 5) is 21.5. The van der Waals surface area contributed by atoms with Gasteiger partial charge in [-0.05, 0) is 41.6 Å². The van der Waals surface area contributed by atoms with Gasteiger partial charge >= 0.3 is 16.2 Å². The lowest BCUT2D eigenvalue weighted by molar-refractivity contribution is 0.201. The Labute approximate surface area is 223 Å². The van der Waals surface area contributed by atoms with E-state index in [1.807, 2.05) is 6.26 Å². The first-order chi connectivity index (χ1) is 17.9. The second-order valence-corrected chi connectivity index (χ2v) is 10.1. The molecule has 1 aromatic carbocycles. The van der Waals surface area contributed by atoms with E-state index in [1.165, 1.54) is 18.1 Å². The van der Waals surface area contributed by atoms with E-state index in [9.17, 15) is 8.42 Å². The molecule has 0 amide bonds. The van der Waals surface area contributed by atoms with Crippen LogP contribution < -0.4 is 18.9 Å². The molecule has 11 nitrogen and oxygen atoms in total. The summed E-state index contributed by atoms with van der Waals surface area (Å²) in [5, 5.41) is 0.519. The largest absolute Gasteiger partial charge is 0.473 e. The smallest absolute Gasteiger partial charge is 0.316 e. The van der Waals surface area contributed by atoms with Crippen LogP contribution in [0.3, 0.4) is 0 Å². The molecule has 14 heteroatoms. The molecule has 0 radical (unpaired) electrons. The van der Waals surface area contributed by atoms with Crippen LogP contribution >= 0.6 is 23.4 Å². The number of benzene rings is 1. The van der Waals surface area contributed by atoms with E-state index in [-0.39, 0.29) is 37.5 Å². The Balaban J connectivity index is 1.50. The van der Waals surface area contributed by atoms with Crippen molar-refractivity contribution in [2.75, 3.05) is 24.2 Å². The molecular weight excluding hydrogens is 538 g/mol. The van der Waals surface area contributed by atoms with Gasteiger partial charge < -0.3 is 9.47 Å². The molecule has 0 fully saturated rings. The first-order valence-electron chi connectivity index (χ1n) is 10.8. The molecule has 0 spiro atoms. The fourth-order valence-electron chi connectivity index (χ4n) is 3.03. The number of pyridine rings is 1. The van der Waals surface area contributed by atoms with E-state index in [1.54, 1.807) is 61.2 Å². The van der Waals surface area contributed by atoms with Crippen LogP contribution in [0.2, 0.25) is 5.02 Å². The van der Waals surface area contributed by atoms with E-state index in [0.717, 1.165) is 10.5 Å². The second kappa shape index (κ2) is 12.6. The third-order valence-electron chi connectivity index (χ3n) is 4.79. The van der Waals surface area contributed by atoms with Gasteiger partial charge in [0.25, 0.3) is 0 Å². The normalized spacial score (nSPS) is 11.2. The Morgan fingerprint density at radius 3 is 2.35 bits per heavy atom. The van der Waals surface area contributed by atoms with Crippen molar-refractivity contribution in [3.8, 4) is 23.0 Å². The molecular formula is C23H22ClN7O4S2. The third kappa shape index (κ3) is 7.73. The number of thioether (sulfide) groups is 1. The van der Waals surface area contributed by atoms with Crippen molar-refractivity contribution in [1.82, 2.24) is 29.6 Å². The van der Waals surface area contributed by atoms with Crippen LogP contribution in [0.5, 0.6) is 11.9 Å². The van der Waals surface area contributed by atoms with Gasteiger partial charge in [-0.15, -0.1) is 11.8 Å². The lowest BCUT2D eigenvalue weighted by Gasteiger charge is -2.16. The van der Waals surface area contributed by atoms with Gasteiger partial charge in [-0.1, -0.05) is 23.7 Å². The van der Waals surface area contributed by atoms with E-state index < -0.39 is 10.2 Å². The predicted octanol–water partition coefficient (Wildman–Crippen LogP) is 3.61.